The molecule has 0 amide bonds. The second-order valence-corrected chi connectivity index (χ2v) is 8.99. The fourth-order valence-corrected chi connectivity index (χ4v) is 4.51. The number of piperazine rings is 1. The predicted molar refractivity (Wildman–Crippen MR) is 131 cm³/mol. The summed E-state index contributed by atoms with van der Waals surface area (Å²) in [5.74, 6) is 0.734. The van der Waals surface area contributed by atoms with Crippen molar-refractivity contribution in [1.29, 1.82) is 0 Å². The Balaban J connectivity index is 1.37. The summed E-state index contributed by atoms with van der Waals surface area (Å²) in [6.45, 7) is 9.23. The second-order valence-electron chi connectivity index (χ2n) is 8.99. The Hall–Kier alpha value is -3.43. The molecular formula is C25H29FN8. The molecule has 1 fully saturated rings. The van der Waals surface area contributed by atoms with Gasteiger partial charge in [0.25, 0.3) is 0 Å². The van der Waals surface area contributed by atoms with Crippen molar-refractivity contribution in [1.82, 2.24) is 34.9 Å². The van der Waals surface area contributed by atoms with Crippen molar-refractivity contribution >= 4 is 22.7 Å². The number of halogens is 1. The molecule has 0 spiro atoms. The summed E-state index contributed by atoms with van der Waals surface area (Å²) in [6, 6.07) is 9.66. The Bertz CT molecular complexity index is 1290. The molecule has 8 nitrogen and oxygen atoms in total. The third kappa shape index (κ3) is 4.62. The van der Waals surface area contributed by atoms with Crippen LogP contribution in [0.15, 0.2) is 42.7 Å². The van der Waals surface area contributed by atoms with Gasteiger partial charge in [-0.2, -0.15) is 5.10 Å². The molecule has 1 aliphatic heterocycles. The fourth-order valence-electron chi connectivity index (χ4n) is 4.51. The van der Waals surface area contributed by atoms with Gasteiger partial charge in [-0.1, -0.05) is 26.0 Å². The van der Waals surface area contributed by atoms with Crippen molar-refractivity contribution in [3.8, 4) is 11.3 Å². The molecule has 0 bridgehead atoms. The third-order valence-corrected chi connectivity index (χ3v) is 6.12. The number of nitrogens with one attached hydrogen (secondary N) is 2. The van der Waals surface area contributed by atoms with Gasteiger partial charge in [0.1, 0.15) is 11.5 Å². The zero-order valence-electron chi connectivity index (χ0n) is 19.7. The summed E-state index contributed by atoms with van der Waals surface area (Å²) in [5, 5.41) is 12.0. The lowest BCUT2D eigenvalue weighted by Crippen LogP contribution is -2.42. The number of aryl methyl sites for hydroxylation is 1. The highest BCUT2D eigenvalue weighted by molar-refractivity contribution is 5.86. The molecule has 0 aliphatic carbocycles. The second kappa shape index (κ2) is 9.44. The van der Waals surface area contributed by atoms with E-state index in [-0.39, 0.29) is 5.69 Å². The normalized spacial score (nSPS) is 14.7. The van der Waals surface area contributed by atoms with Gasteiger partial charge in [0.05, 0.1) is 11.7 Å². The van der Waals surface area contributed by atoms with E-state index in [1.54, 1.807) is 0 Å². The maximum atomic E-state index is 14.7. The van der Waals surface area contributed by atoms with Gasteiger partial charge in [-0.3, -0.25) is 9.58 Å². The summed E-state index contributed by atoms with van der Waals surface area (Å²) in [5.41, 5.74) is 4.07. The van der Waals surface area contributed by atoms with Crippen molar-refractivity contribution in [2.75, 3.05) is 31.5 Å². The first-order chi connectivity index (χ1) is 16.5. The van der Waals surface area contributed by atoms with Crippen molar-refractivity contribution < 1.29 is 4.39 Å². The monoisotopic (exact) mass is 460 g/mol. The fraction of sp³-hybridized carbons (Fsp3) is 0.360. The molecule has 34 heavy (non-hydrogen) atoms. The van der Waals surface area contributed by atoms with Gasteiger partial charge in [0, 0.05) is 62.6 Å². The lowest BCUT2D eigenvalue weighted by atomic mass is 10.0. The Morgan fingerprint density at radius 1 is 1.09 bits per heavy atom. The maximum absolute atomic E-state index is 14.7. The van der Waals surface area contributed by atoms with Crippen molar-refractivity contribution in [3.05, 3.63) is 59.8 Å². The molecule has 0 saturated carbocycles. The third-order valence-electron chi connectivity index (χ3n) is 6.12. The van der Waals surface area contributed by atoms with Crippen LogP contribution in [0.25, 0.3) is 22.2 Å². The van der Waals surface area contributed by atoms with Crippen LogP contribution >= 0.6 is 0 Å². The number of hydrogen-bond acceptors (Lipinski definition) is 7. The number of hydrogen-bond donors (Lipinski definition) is 2. The molecule has 1 saturated heterocycles. The Morgan fingerprint density at radius 2 is 1.91 bits per heavy atom. The summed E-state index contributed by atoms with van der Waals surface area (Å²) < 4.78 is 16.6. The van der Waals surface area contributed by atoms with E-state index in [1.165, 1.54) is 6.20 Å². The first-order valence-electron chi connectivity index (χ1n) is 11.6. The summed E-state index contributed by atoms with van der Waals surface area (Å²) in [7, 11) is 1.93. The molecule has 9 heteroatoms. The van der Waals surface area contributed by atoms with Crippen LogP contribution < -0.4 is 10.6 Å². The van der Waals surface area contributed by atoms with Gasteiger partial charge in [0.2, 0.25) is 5.95 Å². The van der Waals surface area contributed by atoms with Gasteiger partial charge < -0.3 is 10.6 Å². The van der Waals surface area contributed by atoms with E-state index < -0.39 is 5.82 Å². The Kier molecular flexibility index (Phi) is 6.21. The van der Waals surface area contributed by atoms with E-state index in [0.29, 0.717) is 23.2 Å². The highest BCUT2D eigenvalue weighted by atomic mass is 19.1. The summed E-state index contributed by atoms with van der Waals surface area (Å²) in [4.78, 5) is 15.5. The van der Waals surface area contributed by atoms with Gasteiger partial charge in [-0.25, -0.2) is 19.3 Å². The molecular weight excluding hydrogens is 431 g/mol. The lowest BCUT2D eigenvalue weighted by molar-refractivity contribution is 0.233. The van der Waals surface area contributed by atoms with Gasteiger partial charge >= 0.3 is 0 Å². The van der Waals surface area contributed by atoms with Crippen molar-refractivity contribution in [2.45, 2.75) is 26.3 Å². The molecule has 0 radical (unpaired) electrons. The highest BCUT2D eigenvalue weighted by Crippen LogP contribution is 2.30. The molecule has 2 N–H and O–H groups in total. The zero-order valence-corrected chi connectivity index (χ0v) is 19.7. The van der Waals surface area contributed by atoms with E-state index in [2.05, 4.69) is 49.4 Å². The summed E-state index contributed by atoms with van der Waals surface area (Å²) in [6.07, 6.45) is 3.05. The number of anilines is 2. The maximum Gasteiger partial charge on any atom is 0.229 e. The number of benzene rings is 1. The van der Waals surface area contributed by atoms with Crippen LogP contribution in [0.1, 0.15) is 31.0 Å². The van der Waals surface area contributed by atoms with Gasteiger partial charge in [0.15, 0.2) is 5.82 Å². The van der Waals surface area contributed by atoms with E-state index in [1.807, 2.05) is 48.3 Å². The first kappa shape index (κ1) is 22.4. The number of fused-ring (bicyclic) bond motifs is 1. The molecule has 5 rings (SSSR count). The van der Waals surface area contributed by atoms with Crippen LogP contribution in [0.2, 0.25) is 0 Å². The minimum Gasteiger partial charge on any atom is -0.314 e. The molecule has 1 aliphatic rings. The topological polar surface area (TPSA) is 83.8 Å². The van der Waals surface area contributed by atoms with Crippen LogP contribution in [-0.2, 0) is 13.6 Å². The molecule has 0 atom stereocenters. The standard InChI is InChI=1S/C25H29FN8/c1-16(2)24-19-12-18(5-6-21(19)32-33(24)3)23-20(26)14-29-25(31-23)30-22-7-4-17(13-28-22)15-34-10-8-27-9-11-34/h4-7,12-14,16,27H,8-11,15H2,1-3H3,(H,28,29,30,31). The summed E-state index contributed by atoms with van der Waals surface area (Å²) >= 11 is 0. The predicted octanol–water partition coefficient (Wildman–Crippen LogP) is 3.84. The van der Waals surface area contributed by atoms with Crippen LogP contribution in [0.4, 0.5) is 16.2 Å². The number of nitrogens with zero attached hydrogens (tertiary/aromatic N) is 6. The van der Waals surface area contributed by atoms with E-state index in [9.17, 15) is 4.39 Å². The molecule has 4 aromatic rings. The van der Waals surface area contributed by atoms with Crippen molar-refractivity contribution in [2.24, 2.45) is 7.05 Å². The average molecular weight is 461 g/mol. The molecule has 176 valence electrons. The van der Waals surface area contributed by atoms with Crippen molar-refractivity contribution in [3.63, 3.8) is 0 Å². The molecule has 3 aromatic heterocycles. The minimum atomic E-state index is -0.473. The van der Waals surface area contributed by atoms with Gasteiger partial charge in [-0.05, 0) is 29.7 Å². The number of rotatable bonds is 6. The van der Waals surface area contributed by atoms with E-state index in [0.717, 1.165) is 54.9 Å². The van der Waals surface area contributed by atoms with E-state index >= 15 is 0 Å². The average Bonchev–Trinajstić information content (AvgIpc) is 3.17. The molecule has 0 unspecified atom stereocenters. The smallest absolute Gasteiger partial charge is 0.229 e. The minimum absolute atomic E-state index is 0.244. The zero-order chi connectivity index (χ0) is 23.7. The van der Waals surface area contributed by atoms with Crippen LogP contribution in [0, 0.1) is 5.82 Å². The lowest BCUT2D eigenvalue weighted by Gasteiger charge is -2.27. The van der Waals surface area contributed by atoms with Crippen LogP contribution in [0.5, 0.6) is 0 Å². The number of aromatic nitrogens is 5. The van der Waals surface area contributed by atoms with E-state index in [4.69, 9.17) is 0 Å². The van der Waals surface area contributed by atoms with Crippen LogP contribution in [0.3, 0.4) is 0 Å². The first-order valence-corrected chi connectivity index (χ1v) is 11.6. The Morgan fingerprint density at radius 3 is 2.65 bits per heavy atom. The SMILES string of the molecule is CC(C)c1c2cc(-c3nc(Nc4ccc(CN5CCNCC5)cn4)ncc3F)ccc2nn1C. The van der Waals surface area contributed by atoms with Gasteiger partial charge in [-0.15, -0.1) is 0 Å². The Labute approximate surface area is 198 Å². The highest BCUT2D eigenvalue weighted by Gasteiger charge is 2.16. The largest absolute Gasteiger partial charge is 0.314 e. The number of pyridine rings is 1. The van der Waals surface area contributed by atoms with Crippen LogP contribution in [-0.4, -0.2) is 55.8 Å². The molecule has 4 heterocycles. The molecule has 1 aromatic carbocycles. The quantitative estimate of drug-likeness (QED) is 0.452.